The predicted molar refractivity (Wildman–Crippen MR) is 79.5 cm³/mol. The van der Waals surface area contributed by atoms with Gasteiger partial charge in [0.1, 0.15) is 5.75 Å². The van der Waals surface area contributed by atoms with Gasteiger partial charge in [0.2, 0.25) is 0 Å². The molecule has 0 spiro atoms. The second-order valence-electron chi connectivity index (χ2n) is 6.05. The maximum atomic E-state index is 5.86. The lowest BCUT2D eigenvalue weighted by atomic mass is 10.0. The van der Waals surface area contributed by atoms with Crippen LogP contribution in [-0.4, -0.2) is 32.1 Å². The Hall–Kier alpha value is -1.06. The highest BCUT2D eigenvalue weighted by molar-refractivity contribution is 5.43. The van der Waals surface area contributed by atoms with Crippen molar-refractivity contribution in [2.24, 2.45) is 11.1 Å². The largest absolute Gasteiger partial charge is 0.496 e. The zero-order valence-corrected chi connectivity index (χ0v) is 12.6. The fourth-order valence-corrected chi connectivity index (χ4v) is 2.77. The van der Waals surface area contributed by atoms with Crippen LogP contribution in [0.5, 0.6) is 5.75 Å². The van der Waals surface area contributed by atoms with Crippen molar-refractivity contribution >= 4 is 0 Å². The number of rotatable bonds is 6. The molecule has 19 heavy (non-hydrogen) atoms. The fourth-order valence-electron chi connectivity index (χ4n) is 2.77. The Kier molecular flexibility index (Phi) is 4.16. The van der Waals surface area contributed by atoms with E-state index in [0.29, 0.717) is 5.41 Å². The summed E-state index contributed by atoms with van der Waals surface area (Å²) >= 11 is 0. The first-order valence-corrected chi connectivity index (χ1v) is 7.03. The summed E-state index contributed by atoms with van der Waals surface area (Å²) in [6.07, 6.45) is 2.57. The van der Waals surface area contributed by atoms with Crippen molar-refractivity contribution in [3.8, 4) is 5.75 Å². The van der Waals surface area contributed by atoms with E-state index in [2.05, 4.69) is 37.9 Å². The second kappa shape index (κ2) is 5.51. The summed E-state index contributed by atoms with van der Waals surface area (Å²) in [5.41, 5.74) is 10.2. The van der Waals surface area contributed by atoms with Crippen LogP contribution in [0.25, 0.3) is 0 Å². The molecule has 0 amide bonds. The average molecular weight is 262 g/mol. The maximum Gasteiger partial charge on any atom is 0.122 e. The van der Waals surface area contributed by atoms with Gasteiger partial charge in [0.15, 0.2) is 0 Å². The van der Waals surface area contributed by atoms with Gasteiger partial charge in [-0.15, -0.1) is 0 Å². The van der Waals surface area contributed by atoms with Gasteiger partial charge >= 0.3 is 0 Å². The molecular weight excluding hydrogens is 236 g/mol. The van der Waals surface area contributed by atoms with Crippen LogP contribution in [0.2, 0.25) is 0 Å². The lowest BCUT2D eigenvalue weighted by Crippen LogP contribution is -2.31. The number of nitrogens with zero attached hydrogens (tertiary/aromatic N) is 1. The average Bonchev–Trinajstić information content (AvgIpc) is 3.15. The van der Waals surface area contributed by atoms with E-state index in [4.69, 9.17) is 10.5 Å². The smallest absolute Gasteiger partial charge is 0.122 e. The van der Waals surface area contributed by atoms with Gasteiger partial charge in [0, 0.05) is 13.1 Å². The van der Waals surface area contributed by atoms with Gasteiger partial charge in [-0.2, -0.15) is 0 Å². The molecule has 0 aromatic heterocycles. The van der Waals surface area contributed by atoms with Crippen molar-refractivity contribution in [3.63, 3.8) is 0 Å². The highest BCUT2D eigenvalue weighted by Gasteiger charge is 2.41. The molecule has 0 atom stereocenters. The highest BCUT2D eigenvalue weighted by atomic mass is 16.5. The van der Waals surface area contributed by atoms with Gasteiger partial charge in [-0.1, -0.05) is 6.07 Å². The molecule has 0 radical (unpaired) electrons. The Morgan fingerprint density at radius 2 is 1.95 bits per heavy atom. The Balaban J connectivity index is 2.05. The van der Waals surface area contributed by atoms with E-state index in [1.165, 1.54) is 29.5 Å². The van der Waals surface area contributed by atoms with Gasteiger partial charge in [0.05, 0.1) is 7.11 Å². The molecule has 1 saturated carbocycles. The van der Waals surface area contributed by atoms with Crippen LogP contribution in [0.3, 0.4) is 0 Å². The van der Waals surface area contributed by atoms with E-state index in [9.17, 15) is 0 Å². The first kappa shape index (κ1) is 14.4. The standard InChI is InChI=1S/C16H26N2O/c1-12-13(2)15(19-4)6-5-14(12)9-18(3)11-16(10-17)7-8-16/h5-6H,7-11,17H2,1-4H3. The topological polar surface area (TPSA) is 38.5 Å². The number of methoxy groups -OCH3 is 1. The number of benzene rings is 1. The Labute approximate surface area is 116 Å². The van der Waals surface area contributed by atoms with E-state index in [1.807, 2.05) is 0 Å². The van der Waals surface area contributed by atoms with Crippen LogP contribution < -0.4 is 10.5 Å². The third kappa shape index (κ3) is 3.10. The Morgan fingerprint density at radius 3 is 2.47 bits per heavy atom. The normalized spacial score (nSPS) is 16.7. The van der Waals surface area contributed by atoms with Crippen LogP contribution in [0.15, 0.2) is 12.1 Å². The first-order chi connectivity index (χ1) is 9.01. The second-order valence-corrected chi connectivity index (χ2v) is 6.05. The monoisotopic (exact) mass is 262 g/mol. The van der Waals surface area contributed by atoms with Crippen molar-refractivity contribution in [2.75, 3.05) is 27.2 Å². The van der Waals surface area contributed by atoms with Crippen LogP contribution in [0.1, 0.15) is 29.5 Å². The van der Waals surface area contributed by atoms with E-state index < -0.39 is 0 Å². The van der Waals surface area contributed by atoms with E-state index in [1.54, 1.807) is 7.11 Å². The highest BCUT2D eigenvalue weighted by Crippen LogP contribution is 2.45. The molecule has 2 N–H and O–H groups in total. The molecule has 0 unspecified atom stereocenters. The summed E-state index contributed by atoms with van der Waals surface area (Å²) in [4.78, 5) is 2.40. The molecule has 1 fully saturated rings. The summed E-state index contributed by atoms with van der Waals surface area (Å²) in [5, 5.41) is 0. The maximum absolute atomic E-state index is 5.86. The van der Waals surface area contributed by atoms with Crippen LogP contribution in [0.4, 0.5) is 0 Å². The van der Waals surface area contributed by atoms with Gasteiger partial charge < -0.3 is 15.4 Å². The molecule has 1 aliphatic carbocycles. The van der Waals surface area contributed by atoms with Crippen LogP contribution in [-0.2, 0) is 6.54 Å². The van der Waals surface area contributed by atoms with Gasteiger partial charge in [-0.3, -0.25) is 0 Å². The lowest BCUT2D eigenvalue weighted by molar-refractivity contribution is 0.259. The lowest BCUT2D eigenvalue weighted by Gasteiger charge is -2.24. The molecular formula is C16H26N2O. The van der Waals surface area contributed by atoms with Gasteiger partial charge in [-0.05, 0) is 68.5 Å². The van der Waals surface area contributed by atoms with Crippen molar-refractivity contribution in [1.29, 1.82) is 0 Å². The van der Waals surface area contributed by atoms with E-state index >= 15 is 0 Å². The fraction of sp³-hybridized carbons (Fsp3) is 0.625. The molecule has 3 heteroatoms. The minimum Gasteiger partial charge on any atom is -0.496 e. The summed E-state index contributed by atoms with van der Waals surface area (Å²) in [6, 6.07) is 4.25. The molecule has 0 aliphatic heterocycles. The summed E-state index contributed by atoms with van der Waals surface area (Å²) in [6.45, 7) is 7.21. The molecule has 1 aliphatic rings. The molecule has 3 nitrogen and oxygen atoms in total. The minimum atomic E-state index is 0.407. The zero-order chi connectivity index (χ0) is 14.0. The number of hydrogen-bond acceptors (Lipinski definition) is 3. The van der Waals surface area contributed by atoms with E-state index in [0.717, 1.165) is 25.4 Å². The summed E-state index contributed by atoms with van der Waals surface area (Å²) in [7, 11) is 3.92. The molecule has 1 aromatic carbocycles. The summed E-state index contributed by atoms with van der Waals surface area (Å²) < 4.78 is 5.36. The molecule has 0 heterocycles. The molecule has 0 saturated heterocycles. The Bertz CT molecular complexity index is 452. The predicted octanol–water partition coefficient (Wildman–Crippen LogP) is 2.48. The van der Waals surface area contributed by atoms with Crippen LogP contribution in [0, 0.1) is 19.3 Å². The third-order valence-corrected chi connectivity index (χ3v) is 4.51. The van der Waals surface area contributed by atoms with E-state index in [-0.39, 0.29) is 0 Å². The number of ether oxygens (including phenoxy) is 1. The van der Waals surface area contributed by atoms with Crippen LogP contribution >= 0.6 is 0 Å². The first-order valence-electron chi connectivity index (χ1n) is 7.03. The zero-order valence-electron chi connectivity index (χ0n) is 12.6. The quantitative estimate of drug-likeness (QED) is 0.856. The SMILES string of the molecule is COc1ccc(CN(C)CC2(CN)CC2)c(C)c1C. The minimum absolute atomic E-state index is 0.407. The van der Waals surface area contributed by atoms with Crippen molar-refractivity contribution in [2.45, 2.75) is 33.2 Å². The van der Waals surface area contributed by atoms with Crippen molar-refractivity contribution < 1.29 is 4.74 Å². The number of hydrogen-bond donors (Lipinski definition) is 1. The van der Waals surface area contributed by atoms with Gasteiger partial charge in [-0.25, -0.2) is 0 Å². The molecule has 0 bridgehead atoms. The molecule has 1 aromatic rings. The van der Waals surface area contributed by atoms with Crippen molar-refractivity contribution in [3.05, 3.63) is 28.8 Å². The van der Waals surface area contributed by atoms with Gasteiger partial charge in [0.25, 0.3) is 0 Å². The molecule has 2 rings (SSSR count). The number of nitrogens with two attached hydrogens (primary N) is 1. The third-order valence-electron chi connectivity index (χ3n) is 4.51. The molecule has 106 valence electrons. The Morgan fingerprint density at radius 1 is 1.26 bits per heavy atom. The summed E-state index contributed by atoms with van der Waals surface area (Å²) in [5.74, 6) is 0.976. The van der Waals surface area contributed by atoms with Crippen molar-refractivity contribution in [1.82, 2.24) is 4.90 Å².